The molecule has 0 bridgehead atoms. The summed E-state index contributed by atoms with van der Waals surface area (Å²) >= 11 is 0. The maximum atomic E-state index is 12.7. The van der Waals surface area contributed by atoms with Crippen molar-refractivity contribution in [2.45, 2.75) is 71.6 Å². The van der Waals surface area contributed by atoms with Gasteiger partial charge in [0.15, 0.2) is 0 Å². The molecule has 0 saturated carbocycles. The first kappa shape index (κ1) is 29.6. The molecule has 0 aliphatic heterocycles. The van der Waals surface area contributed by atoms with Gasteiger partial charge < -0.3 is 31.9 Å². The van der Waals surface area contributed by atoms with E-state index in [-0.39, 0.29) is 36.3 Å². The van der Waals surface area contributed by atoms with Gasteiger partial charge in [-0.1, -0.05) is 0 Å². The quantitative estimate of drug-likeness (QED) is 0.225. The van der Waals surface area contributed by atoms with Crippen molar-refractivity contribution in [2.75, 3.05) is 34.0 Å². The molecule has 1 atom stereocenters. The Morgan fingerprint density at radius 3 is 1.97 bits per heavy atom. The molecule has 0 saturated heterocycles. The number of hydrogen-bond donors (Lipinski definition) is 1. The Morgan fingerprint density at radius 2 is 1.52 bits per heavy atom. The van der Waals surface area contributed by atoms with Crippen LogP contribution in [0.3, 0.4) is 0 Å². The molecule has 0 heterocycles. The van der Waals surface area contributed by atoms with Crippen LogP contribution in [0.25, 0.3) is 0 Å². The Morgan fingerprint density at radius 1 is 1.00 bits per heavy atom. The lowest BCUT2D eigenvalue weighted by atomic mass is 10.1. The summed E-state index contributed by atoms with van der Waals surface area (Å²) in [5.41, 5.74) is -1.48. The van der Waals surface area contributed by atoms with Crippen LogP contribution in [0, 0.1) is 0 Å². The Bertz CT molecular complexity index is 544. The third-order valence-corrected chi connectivity index (χ3v) is 3.30. The zero-order valence-electron chi connectivity index (χ0n) is 18.8. The molecule has 0 unspecified atom stereocenters. The van der Waals surface area contributed by atoms with E-state index in [1.807, 2.05) is 0 Å². The van der Waals surface area contributed by atoms with Crippen molar-refractivity contribution < 1.29 is 49.9 Å². The van der Waals surface area contributed by atoms with Gasteiger partial charge in [-0.15, -0.1) is 0 Å². The zero-order chi connectivity index (χ0) is 22.2. The van der Waals surface area contributed by atoms with E-state index in [4.69, 9.17) is 14.2 Å². The molecule has 29 heavy (non-hydrogen) atoms. The molecule has 0 aromatic carbocycles. The van der Waals surface area contributed by atoms with Crippen molar-refractivity contribution in [3.8, 4) is 0 Å². The minimum atomic E-state index is -1.06. The number of halogens is 2. The minimum absolute atomic E-state index is 0. The van der Waals surface area contributed by atoms with Gasteiger partial charge in [0.25, 0.3) is 0 Å². The average Bonchev–Trinajstić information content (AvgIpc) is 2.47. The van der Waals surface area contributed by atoms with Crippen molar-refractivity contribution in [3.63, 3.8) is 0 Å². The summed E-state index contributed by atoms with van der Waals surface area (Å²) in [5, 5.41) is 2.44. The molecule has 0 fully saturated rings. The molecule has 0 aromatic rings. The van der Waals surface area contributed by atoms with Gasteiger partial charge in [0.1, 0.15) is 30.4 Å². The predicted molar refractivity (Wildman–Crippen MR) is 102 cm³/mol. The monoisotopic (exact) mass is 442 g/mol. The van der Waals surface area contributed by atoms with Crippen LogP contribution >= 0.6 is 0 Å². The molecule has 1 N–H and O–H groups in total. The van der Waals surface area contributed by atoms with Gasteiger partial charge in [-0.05, 0) is 48.0 Å². The van der Waals surface area contributed by atoms with Gasteiger partial charge in [-0.2, -0.15) is 4.39 Å². The number of nitrogens with one attached hydrogen (secondary N) is 1. The van der Waals surface area contributed by atoms with Crippen LogP contribution in [0.4, 0.5) is 9.18 Å². The lowest BCUT2D eigenvalue weighted by Crippen LogP contribution is -3.00. The molecule has 0 rings (SSSR count). The fourth-order valence-corrected chi connectivity index (χ4v) is 1.87. The van der Waals surface area contributed by atoms with Crippen LogP contribution in [0.15, 0.2) is 0 Å². The molecule has 0 aromatic heterocycles. The standard InChI is InChI=1S/C19H35FN2O6.ClH/c1-18(2,3)27-16(24)14(21-17(25)28-19(4,5)6)9-10-15(23)26-12-11-22(7,8)13-20;/h14H,9-13H2,1-8H3;1H/t14-;/m0./s1. The smallest absolute Gasteiger partial charge is 0.408 e. The van der Waals surface area contributed by atoms with Crippen molar-refractivity contribution in [1.82, 2.24) is 5.32 Å². The number of quaternary nitrogens is 1. The van der Waals surface area contributed by atoms with E-state index in [2.05, 4.69) is 5.32 Å². The lowest BCUT2D eigenvalue weighted by molar-refractivity contribution is -0.902. The summed E-state index contributed by atoms with van der Waals surface area (Å²) in [7, 11) is 3.36. The number of nitrogens with zero attached hydrogens (tertiary/aromatic N) is 1. The van der Waals surface area contributed by atoms with Crippen molar-refractivity contribution in [3.05, 3.63) is 0 Å². The molecular weight excluding hydrogens is 407 g/mol. The number of amides is 1. The van der Waals surface area contributed by atoms with Crippen LogP contribution in [-0.2, 0) is 23.8 Å². The van der Waals surface area contributed by atoms with Crippen molar-refractivity contribution >= 4 is 18.0 Å². The lowest BCUT2D eigenvalue weighted by Gasteiger charge is -2.26. The molecule has 0 aliphatic carbocycles. The van der Waals surface area contributed by atoms with Crippen LogP contribution in [-0.4, -0.2) is 73.8 Å². The fourth-order valence-electron chi connectivity index (χ4n) is 1.87. The predicted octanol–water partition coefficient (Wildman–Crippen LogP) is -0.448. The maximum absolute atomic E-state index is 12.7. The molecular formula is C19H36ClFN2O6. The first-order valence-electron chi connectivity index (χ1n) is 9.30. The number of rotatable bonds is 9. The second kappa shape index (κ2) is 12.2. The third-order valence-electron chi connectivity index (χ3n) is 3.30. The van der Waals surface area contributed by atoms with Crippen LogP contribution in [0.5, 0.6) is 0 Å². The minimum Gasteiger partial charge on any atom is -1.00 e. The number of carbonyl (C=O) groups is 3. The fraction of sp³-hybridized carbons (Fsp3) is 0.842. The highest BCUT2D eigenvalue weighted by Crippen LogP contribution is 2.13. The van der Waals surface area contributed by atoms with Gasteiger partial charge in [0, 0.05) is 6.42 Å². The largest absolute Gasteiger partial charge is 1.00 e. The molecule has 0 radical (unpaired) electrons. The summed E-state index contributed by atoms with van der Waals surface area (Å²) in [6.07, 6.45) is -0.893. The Balaban J connectivity index is 0. The van der Waals surface area contributed by atoms with Crippen LogP contribution in [0.1, 0.15) is 54.4 Å². The molecule has 172 valence electrons. The zero-order valence-corrected chi connectivity index (χ0v) is 19.5. The van der Waals surface area contributed by atoms with E-state index < -0.39 is 42.1 Å². The first-order valence-corrected chi connectivity index (χ1v) is 9.30. The van der Waals surface area contributed by atoms with E-state index in [0.717, 1.165) is 0 Å². The van der Waals surface area contributed by atoms with E-state index in [0.29, 0.717) is 6.54 Å². The third kappa shape index (κ3) is 15.9. The summed E-state index contributed by atoms with van der Waals surface area (Å²) in [6, 6.07) is -1.06. The highest BCUT2D eigenvalue weighted by Gasteiger charge is 2.29. The van der Waals surface area contributed by atoms with Gasteiger partial charge in [0.05, 0.1) is 14.1 Å². The van der Waals surface area contributed by atoms with Crippen LogP contribution < -0.4 is 17.7 Å². The van der Waals surface area contributed by atoms with Gasteiger partial charge in [-0.3, -0.25) is 9.28 Å². The SMILES string of the molecule is CC(C)(C)OC(=O)N[C@@H](CCC(=O)OCC[N+](C)(C)CF)C(=O)OC(C)(C)C.[Cl-]. The Kier molecular flexibility index (Phi) is 12.4. The normalized spacial score (nSPS) is 13.0. The Hall–Kier alpha value is -1.61. The van der Waals surface area contributed by atoms with E-state index >= 15 is 0 Å². The topological polar surface area (TPSA) is 90.9 Å². The summed E-state index contributed by atoms with van der Waals surface area (Å²) in [6.45, 7) is 10.0. The van der Waals surface area contributed by atoms with E-state index in [1.54, 1.807) is 55.6 Å². The summed E-state index contributed by atoms with van der Waals surface area (Å²) < 4.78 is 28.4. The highest BCUT2D eigenvalue weighted by molar-refractivity contribution is 5.82. The number of alkyl carbamates (subject to hydrolysis) is 1. The number of alkyl halides is 1. The number of hydrogen-bond acceptors (Lipinski definition) is 6. The van der Waals surface area contributed by atoms with E-state index in [9.17, 15) is 18.8 Å². The molecule has 8 nitrogen and oxygen atoms in total. The second-order valence-electron chi connectivity index (χ2n) is 9.27. The number of ether oxygens (including phenoxy) is 3. The number of carbonyl (C=O) groups excluding carboxylic acids is 3. The average molecular weight is 443 g/mol. The van der Waals surface area contributed by atoms with Gasteiger partial charge in [-0.25, -0.2) is 9.59 Å². The summed E-state index contributed by atoms with van der Waals surface area (Å²) in [5.74, 6) is -1.21. The number of likely N-dealkylation sites (N-methyl/N-ethyl adjacent to an activating group) is 1. The van der Waals surface area contributed by atoms with Crippen molar-refractivity contribution in [2.24, 2.45) is 0 Å². The molecule has 0 spiro atoms. The molecule has 1 amide bonds. The van der Waals surface area contributed by atoms with Gasteiger partial charge in [0.2, 0.25) is 6.80 Å². The molecule has 0 aliphatic rings. The summed E-state index contributed by atoms with van der Waals surface area (Å²) in [4.78, 5) is 36.3. The van der Waals surface area contributed by atoms with E-state index in [1.165, 1.54) is 0 Å². The highest BCUT2D eigenvalue weighted by atomic mass is 35.5. The maximum Gasteiger partial charge on any atom is 0.408 e. The Labute approximate surface area is 179 Å². The van der Waals surface area contributed by atoms with Crippen LogP contribution in [0.2, 0.25) is 0 Å². The van der Waals surface area contributed by atoms with Crippen molar-refractivity contribution in [1.29, 1.82) is 0 Å². The number of esters is 2. The van der Waals surface area contributed by atoms with Gasteiger partial charge >= 0.3 is 18.0 Å². The molecule has 10 heteroatoms. The second-order valence-corrected chi connectivity index (χ2v) is 9.27. The first-order chi connectivity index (χ1) is 12.5.